The SMILES string of the molecule is CC(C)(C)C1CC(Oc2ccn(-c3ccc(S(C)(=O)=O)cc3)c(=O)c2)CCCN1C(=O)O. The highest BCUT2D eigenvalue weighted by atomic mass is 32.2. The van der Waals surface area contributed by atoms with E-state index in [2.05, 4.69) is 0 Å². The van der Waals surface area contributed by atoms with Crippen molar-refractivity contribution < 1.29 is 23.1 Å². The standard InChI is InChI=1S/C23H30N2O6S/c1-23(2,3)20-14-17(6-5-12-25(20)22(27)28)31-18-11-13-24(21(26)15-18)16-7-9-19(10-8-16)32(4,29)30/h7-11,13,15,17,20H,5-6,12,14H2,1-4H3,(H,27,28). The van der Waals surface area contributed by atoms with E-state index in [1.165, 1.54) is 27.7 Å². The van der Waals surface area contributed by atoms with Crippen LogP contribution in [0.25, 0.3) is 5.69 Å². The number of carbonyl (C=O) groups is 1. The van der Waals surface area contributed by atoms with Crippen molar-refractivity contribution in [3.05, 3.63) is 52.9 Å². The van der Waals surface area contributed by atoms with Crippen LogP contribution >= 0.6 is 0 Å². The van der Waals surface area contributed by atoms with E-state index in [4.69, 9.17) is 4.74 Å². The lowest BCUT2D eigenvalue weighted by Gasteiger charge is -2.38. The monoisotopic (exact) mass is 462 g/mol. The first kappa shape index (κ1) is 23.8. The van der Waals surface area contributed by atoms with Gasteiger partial charge in [-0.3, -0.25) is 9.36 Å². The molecule has 0 aliphatic carbocycles. The molecule has 1 saturated heterocycles. The van der Waals surface area contributed by atoms with E-state index in [0.717, 1.165) is 6.26 Å². The minimum Gasteiger partial charge on any atom is -0.490 e. The van der Waals surface area contributed by atoms with E-state index in [9.17, 15) is 23.1 Å². The largest absolute Gasteiger partial charge is 0.490 e. The van der Waals surface area contributed by atoms with E-state index in [1.807, 2.05) is 20.8 Å². The molecule has 2 heterocycles. The Hall–Kier alpha value is -2.81. The number of hydrogen-bond acceptors (Lipinski definition) is 5. The van der Waals surface area contributed by atoms with Crippen LogP contribution in [0.1, 0.15) is 40.0 Å². The molecule has 1 amide bonds. The highest BCUT2D eigenvalue weighted by Crippen LogP contribution is 2.33. The summed E-state index contributed by atoms with van der Waals surface area (Å²) in [6.07, 6.45) is 3.54. The molecular formula is C23H30N2O6S. The first-order valence-electron chi connectivity index (χ1n) is 10.6. The van der Waals surface area contributed by atoms with Gasteiger partial charge in [0.2, 0.25) is 0 Å². The number of amides is 1. The third-order valence-corrected chi connectivity index (χ3v) is 6.90. The van der Waals surface area contributed by atoms with Gasteiger partial charge < -0.3 is 14.7 Å². The van der Waals surface area contributed by atoms with Gasteiger partial charge in [0.05, 0.1) is 4.90 Å². The van der Waals surface area contributed by atoms with Crippen molar-refractivity contribution in [1.29, 1.82) is 0 Å². The molecule has 1 aromatic carbocycles. The predicted molar refractivity (Wildman–Crippen MR) is 121 cm³/mol. The highest BCUT2D eigenvalue weighted by molar-refractivity contribution is 7.90. The Balaban J connectivity index is 1.79. The van der Waals surface area contributed by atoms with Gasteiger partial charge in [-0.25, -0.2) is 13.2 Å². The third-order valence-electron chi connectivity index (χ3n) is 5.77. The summed E-state index contributed by atoms with van der Waals surface area (Å²) < 4.78 is 30.8. The van der Waals surface area contributed by atoms with E-state index >= 15 is 0 Å². The number of sulfone groups is 1. The van der Waals surface area contributed by atoms with Crippen LogP contribution in [-0.2, 0) is 9.84 Å². The average Bonchev–Trinajstić information content (AvgIpc) is 2.90. The summed E-state index contributed by atoms with van der Waals surface area (Å²) >= 11 is 0. The number of benzene rings is 1. The summed E-state index contributed by atoms with van der Waals surface area (Å²) in [7, 11) is -3.31. The first-order valence-corrected chi connectivity index (χ1v) is 12.4. The van der Waals surface area contributed by atoms with E-state index in [0.29, 0.717) is 37.2 Å². The van der Waals surface area contributed by atoms with Gasteiger partial charge >= 0.3 is 6.09 Å². The number of rotatable bonds is 4. The normalized spacial score (nSPS) is 19.9. The molecule has 1 N–H and O–H groups in total. The minimum atomic E-state index is -3.31. The molecule has 174 valence electrons. The number of aromatic nitrogens is 1. The number of carboxylic acid groups (broad SMARTS) is 1. The van der Waals surface area contributed by atoms with Crippen LogP contribution in [0.15, 0.2) is 52.3 Å². The molecule has 1 aliphatic heterocycles. The topological polar surface area (TPSA) is 106 Å². The zero-order valence-corrected chi connectivity index (χ0v) is 19.6. The number of pyridine rings is 1. The summed E-state index contributed by atoms with van der Waals surface area (Å²) in [6, 6.07) is 8.99. The summed E-state index contributed by atoms with van der Waals surface area (Å²) in [5.41, 5.74) is 0.00219. The van der Waals surface area contributed by atoms with Crippen molar-refractivity contribution in [3.8, 4) is 11.4 Å². The Kier molecular flexibility index (Phi) is 6.69. The average molecular weight is 463 g/mol. The van der Waals surface area contributed by atoms with Gasteiger partial charge in [-0.15, -0.1) is 0 Å². The predicted octanol–water partition coefficient (Wildman–Crippen LogP) is 3.57. The number of hydrogen-bond donors (Lipinski definition) is 1. The van der Waals surface area contributed by atoms with Crippen molar-refractivity contribution in [2.24, 2.45) is 5.41 Å². The summed E-state index contributed by atoms with van der Waals surface area (Å²) in [6.45, 7) is 6.52. The number of likely N-dealkylation sites (tertiary alicyclic amines) is 1. The van der Waals surface area contributed by atoms with E-state index < -0.39 is 15.9 Å². The second-order valence-corrected chi connectivity index (χ2v) is 11.3. The maximum atomic E-state index is 12.7. The Morgan fingerprint density at radius 1 is 1.16 bits per heavy atom. The quantitative estimate of drug-likeness (QED) is 0.745. The second kappa shape index (κ2) is 8.97. The fraction of sp³-hybridized carbons (Fsp3) is 0.478. The molecule has 1 fully saturated rings. The molecule has 0 spiro atoms. The van der Waals surface area contributed by atoms with Crippen molar-refractivity contribution >= 4 is 15.9 Å². The van der Waals surface area contributed by atoms with Crippen molar-refractivity contribution in [3.63, 3.8) is 0 Å². The molecule has 9 heteroatoms. The van der Waals surface area contributed by atoms with Crippen LogP contribution in [0.5, 0.6) is 5.75 Å². The molecule has 0 saturated carbocycles. The Bertz CT molecular complexity index is 1130. The maximum Gasteiger partial charge on any atom is 0.407 e. The minimum absolute atomic E-state index is 0.187. The summed E-state index contributed by atoms with van der Waals surface area (Å²) in [4.78, 5) is 26.1. The Morgan fingerprint density at radius 2 is 1.81 bits per heavy atom. The number of ether oxygens (including phenoxy) is 1. The maximum absolute atomic E-state index is 12.7. The smallest absolute Gasteiger partial charge is 0.407 e. The van der Waals surface area contributed by atoms with Crippen LogP contribution in [-0.4, -0.2) is 54.0 Å². The van der Waals surface area contributed by atoms with Gasteiger partial charge in [-0.05, 0) is 48.6 Å². The molecule has 0 radical (unpaired) electrons. The Morgan fingerprint density at radius 3 is 2.34 bits per heavy atom. The molecule has 8 nitrogen and oxygen atoms in total. The Labute approximate surface area is 188 Å². The summed E-state index contributed by atoms with van der Waals surface area (Å²) in [5, 5.41) is 9.62. The molecule has 1 aliphatic rings. The second-order valence-electron chi connectivity index (χ2n) is 9.31. The molecule has 0 bridgehead atoms. The lowest BCUT2D eigenvalue weighted by atomic mass is 9.82. The van der Waals surface area contributed by atoms with Gasteiger partial charge in [0.1, 0.15) is 11.9 Å². The van der Waals surface area contributed by atoms with Gasteiger partial charge in [0.15, 0.2) is 9.84 Å². The van der Waals surface area contributed by atoms with Crippen LogP contribution in [0.2, 0.25) is 0 Å². The van der Waals surface area contributed by atoms with Crippen LogP contribution < -0.4 is 10.3 Å². The zero-order valence-electron chi connectivity index (χ0n) is 18.8. The molecule has 2 atom stereocenters. The molecule has 2 aromatic rings. The van der Waals surface area contributed by atoms with Crippen LogP contribution in [0, 0.1) is 5.41 Å². The van der Waals surface area contributed by atoms with Crippen molar-refractivity contribution in [2.75, 3.05) is 12.8 Å². The fourth-order valence-electron chi connectivity index (χ4n) is 4.09. The van der Waals surface area contributed by atoms with Gasteiger partial charge in [0.25, 0.3) is 5.56 Å². The highest BCUT2D eigenvalue weighted by Gasteiger charge is 2.37. The van der Waals surface area contributed by atoms with Crippen LogP contribution in [0.4, 0.5) is 4.79 Å². The zero-order chi connectivity index (χ0) is 23.7. The summed E-state index contributed by atoms with van der Waals surface area (Å²) in [5.74, 6) is 0.431. The molecule has 3 rings (SSSR count). The molecule has 32 heavy (non-hydrogen) atoms. The van der Waals surface area contributed by atoms with E-state index in [1.54, 1.807) is 24.4 Å². The molecule has 2 unspecified atom stereocenters. The van der Waals surface area contributed by atoms with E-state index in [-0.39, 0.29) is 28.0 Å². The van der Waals surface area contributed by atoms with Crippen LogP contribution in [0.3, 0.4) is 0 Å². The van der Waals surface area contributed by atoms with Crippen molar-refractivity contribution in [2.45, 2.75) is 57.1 Å². The molecular weight excluding hydrogens is 432 g/mol. The number of nitrogens with zero attached hydrogens (tertiary/aromatic N) is 2. The lowest BCUT2D eigenvalue weighted by molar-refractivity contribution is 0.0673. The molecule has 1 aromatic heterocycles. The van der Waals surface area contributed by atoms with Gasteiger partial charge in [0, 0.05) is 43.2 Å². The first-order chi connectivity index (χ1) is 14.9. The lowest BCUT2D eigenvalue weighted by Crippen LogP contribution is -2.47. The van der Waals surface area contributed by atoms with Crippen molar-refractivity contribution in [1.82, 2.24) is 9.47 Å². The van der Waals surface area contributed by atoms with Gasteiger partial charge in [-0.1, -0.05) is 20.8 Å². The van der Waals surface area contributed by atoms with Gasteiger partial charge in [-0.2, -0.15) is 0 Å². The third kappa shape index (κ3) is 5.51. The fourth-order valence-corrected chi connectivity index (χ4v) is 4.72.